The van der Waals surface area contributed by atoms with Gasteiger partial charge in [0.05, 0.1) is 18.1 Å². The van der Waals surface area contributed by atoms with Crippen molar-refractivity contribution in [2.45, 2.75) is 57.1 Å². The maximum Gasteiger partial charge on any atom is 0.357 e. The van der Waals surface area contributed by atoms with E-state index in [2.05, 4.69) is 9.97 Å². The number of nitrogens with zero attached hydrogens (tertiary/aromatic N) is 2. The van der Waals surface area contributed by atoms with E-state index in [-0.39, 0.29) is 49.0 Å². The third-order valence-corrected chi connectivity index (χ3v) is 10.6. The normalized spacial score (nSPS) is 12.6. The van der Waals surface area contributed by atoms with Crippen LogP contribution in [0, 0.1) is 10.8 Å². The van der Waals surface area contributed by atoms with Gasteiger partial charge in [-0.05, 0) is 17.8 Å². The van der Waals surface area contributed by atoms with Gasteiger partial charge in [0.15, 0.2) is 11.4 Å². The van der Waals surface area contributed by atoms with Crippen LogP contribution in [-0.4, -0.2) is 62.0 Å². The quantitative estimate of drug-likeness (QED) is 0.499. The number of carbonyl (C=O) groups excluding carboxylic acids is 1. The van der Waals surface area contributed by atoms with Crippen LogP contribution in [0.4, 0.5) is 0 Å². The molecule has 14 heteroatoms. The zero-order valence-corrected chi connectivity index (χ0v) is 23.4. The fraction of sp³-hybridized carbons (Fsp3) is 0.600. The lowest BCUT2D eigenvalue weighted by Crippen LogP contribution is -2.21. The molecule has 2 aromatic rings. The fourth-order valence-electron chi connectivity index (χ4n) is 2.46. The van der Waals surface area contributed by atoms with Crippen molar-refractivity contribution in [3.05, 3.63) is 22.1 Å². The molecule has 2 aromatic heterocycles. The molecule has 0 aromatic carbocycles. The lowest BCUT2D eigenvalue weighted by Gasteiger charge is -2.16. The average molecular weight is 555 g/mol. The Hall–Kier alpha value is -1.90. The van der Waals surface area contributed by atoms with Gasteiger partial charge in [-0.3, -0.25) is 0 Å². The summed E-state index contributed by atoms with van der Waals surface area (Å²) in [5, 5.41) is 11.3. The van der Waals surface area contributed by atoms with Crippen LogP contribution in [0.5, 0.6) is 0 Å². The summed E-state index contributed by atoms with van der Waals surface area (Å²) in [6.07, 6.45) is 0. The number of rotatable bonds is 7. The summed E-state index contributed by atoms with van der Waals surface area (Å²) in [5.41, 5.74) is -0.908. The van der Waals surface area contributed by atoms with Crippen molar-refractivity contribution in [2.75, 3.05) is 18.1 Å². The second kappa shape index (κ2) is 11.2. The van der Waals surface area contributed by atoms with E-state index in [1.807, 2.05) is 20.8 Å². The number of esters is 1. The third kappa shape index (κ3) is 9.76. The second-order valence-electron chi connectivity index (χ2n) is 9.66. The van der Waals surface area contributed by atoms with Crippen molar-refractivity contribution in [3.8, 4) is 0 Å². The number of aromatic carboxylic acids is 1. The molecule has 0 amide bonds. The Kier molecular flexibility index (Phi) is 9.95. The smallest absolute Gasteiger partial charge is 0.357 e. The zero-order chi connectivity index (χ0) is 26.5. The van der Waals surface area contributed by atoms with E-state index < -0.39 is 31.6 Å². The molecule has 10 nitrogen and oxygen atoms in total. The van der Waals surface area contributed by atoms with Gasteiger partial charge in [-0.15, -0.1) is 22.7 Å². The molecule has 0 aliphatic heterocycles. The molecule has 0 saturated heterocycles. The third-order valence-electron chi connectivity index (χ3n) is 3.45. The Morgan fingerprint density at radius 3 is 1.56 bits per heavy atom. The molecule has 0 aliphatic rings. The molecule has 2 heterocycles. The van der Waals surface area contributed by atoms with Gasteiger partial charge in [0.1, 0.15) is 0 Å². The van der Waals surface area contributed by atoms with Crippen LogP contribution in [0.2, 0.25) is 0 Å². The molecule has 192 valence electrons. The van der Waals surface area contributed by atoms with E-state index in [1.54, 1.807) is 27.7 Å². The predicted octanol–water partition coefficient (Wildman–Crippen LogP) is 3.80. The standard InChI is InChI=1S/C11H17NO4S2.C9H13NO4S2/c1-5-16-9(13)8-6-17-10(12-8)18(14,15)7-11(2,3)4;1-9(2,3)5-16(13,14)8-10-6(4-15-8)7(11)12/h6H,5,7H2,1-4H3;4H,5H2,1-3H3,(H,11,12). The fourth-order valence-corrected chi connectivity index (χ4v) is 8.31. The topological polar surface area (TPSA) is 158 Å². The van der Waals surface area contributed by atoms with Crippen LogP contribution in [0.25, 0.3) is 0 Å². The number of hydrogen-bond donors (Lipinski definition) is 1. The largest absolute Gasteiger partial charge is 0.476 e. The van der Waals surface area contributed by atoms with Gasteiger partial charge in [-0.2, -0.15) is 0 Å². The number of aromatic nitrogens is 2. The van der Waals surface area contributed by atoms with E-state index in [4.69, 9.17) is 9.84 Å². The van der Waals surface area contributed by atoms with Gasteiger partial charge in [0.2, 0.25) is 28.4 Å². The van der Waals surface area contributed by atoms with Crippen molar-refractivity contribution in [1.29, 1.82) is 0 Å². The Balaban J connectivity index is 0.000000342. The molecule has 34 heavy (non-hydrogen) atoms. The van der Waals surface area contributed by atoms with Crippen molar-refractivity contribution in [3.63, 3.8) is 0 Å². The first kappa shape index (κ1) is 30.1. The van der Waals surface area contributed by atoms with Crippen LogP contribution in [-0.2, 0) is 24.4 Å². The first-order chi connectivity index (χ1) is 15.3. The van der Waals surface area contributed by atoms with E-state index in [0.717, 1.165) is 22.7 Å². The summed E-state index contributed by atoms with van der Waals surface area (Å²) < 4.78 is 52.4. The minimum atomic E-state index is -3.49. The van der Waals surface area contributed by atoms with E-state index in [9.17, 15) is 26.4 Å². The summed E-state index contributed by atoms with van der Waals surface area (Å²) in [4.78, 5) is 29.4. The van der Waals surface area contributed by atoms with Crippen LogP contribution in [0.1, 0.15) is 69.4 Å². The minimum absolute atomic E-state index is 0.00419. The van der Waals surface area contributed by atoms with Crippen molar-refractivity contribution < 1.29 is 36.3 Å². The first-order valence-electron chi connectivity index (χ1n) is 10.0. The molecule has 0 radical (unpaired) electrons. The van der Waals surface area contributed by atoms with Gasteiger partial charge in [0, 0.05) is 10.8 Å². The number of carboxylic acid groups (broad SMARTS) is 1. The number of sulfone groups is 2. The Morgan fingerprint density at radius 2 is 1.24 bits per heavy atom. The molecule has 0 spiro atoms. The average Bonchev–Trinajstić information content (AvgIpc) is 3.29. The zero-order valence-electron chi connectivity index (χ0n) is 20.1. The second-order valence-corrected chi connectivity index (χ2v) is 15.7. The molecular weight excluding hydrogens is 524 g/mol. The van der Waals surface area contributed by atoms with Gasteiger partial charge >= 0.3 is 11.9 Å². The summed E-state index contributed by atoms with van der Waals surface area (Å²) in [6, 6.07) is 0. The summed E-state index contributed by atoms with van der Waals surface area (Å²) in [7, 11) is -6.93. The Morgan fingerprint density at radius 1 is 0.853 bits per heavy atom. The molecule has 0 aliphatic carbocycles. The van der Waals surface area contributed by atoms with E-state index in [1.165, 1.54) is 10.8 Å². The van der Waals surface area contributed by atoms with Gasteiger partial charge in [-0.25, -0.2) is 36.4 Å². The molecule has 0 atom stereocenters. The van der Waals surface area contributed by atoms with E-state index in [0.29, 0.717) is 0 Å². The number of carbonyl (C=O) groups is 2. The number of hydrogen-bond acceptors (Lipinski definition) is 11. The van der Waals surface area contributed by atoms with Gasteiger partial charge in [-0.1, -0.05) is 41.5 Å². The molecule has 0 fully saturated rings. The maximum absolute atomic E-state index is 12.0. The lowest BCUT2D eigenvalue weighted by molar-refractivity contribution is 0.0519. The van der Waals surface area contributed by atoms with Crippen LogP contribution in [0.15, 0.2) is 19.4 Å². The number of ether oxygens (including phenoxy) is 1. The molecule has 0 saturated carbocycles. The summed E-state index contributed by atoms with van der Waals surface area (Å²) >= 11 is 1.80. The maximum atomic E-state index is 12.0. The van der Waals surface area contributed by atoms with Crippen LogP contribution >= 0.6 is 22.7 Å². The minimum Gasteiger partial charge on any atom is -0.476 e. The summed E-state index contributed by atoms with van der Waals surface area (Å²) in [6.45, 7) is 12.8. The molecule has 1 N–H and O–H groups in total. The first-order valence-corrected chi connectivity index (χ1v) is 15.1. The highest BCUT2D eigenvalue weighted by Gasteiger charge is 2.28. The van der Waals surface area contributed by atoms with Gasteiger partial charge < -0.3 is 9.84 Å². The summed E-state index contributed by atoms with van der Waals surface area (Å²) in [5.74, 6) is -1.86. The van der Waals surface area contributed by atoms with Crippen molar-refractivity contribution in [1.82, 2.24) is 9.97 Å². The lowest BCUT2D eigenvalue weighted by atomic mass is 10.0. The highest BCUT2D eigenvalue weighted by molar-refractivity contribution is 7.93. The highest BCUT2D eigenvalue weighted by Crippen LogP contribution is 2.25. The number of carboxylic acids is 1. The van der Waals surface area contributed by atoms with Crippen molar-refractivity contribution in [2.24, 2.45) is 10.8 Å². The molecular formula is C20H30N2O8S4. The van der Waals surface area contributed by atoms with Crippen LogP contribution < -0.4 is 0 Å². The Labute approximate surface area is 208 Å². The predicted molar refractivity (Wildman–Crippen MR) is 130 cm³/mol. The SMILES string of the molecule is CC(C)(C)CS(=O)(=O)c1nc(C(=O)O)cs1.CCOC(=O)c1csc(S(=O)(=O)CC(C)(C)C)n1. The molecule has 2 rings (SSSR count). The van der Waals surface area contributed by atoms with Gasteiger partial charge in [0.25, 0.3) is 0 Å². The molecule has 0 unspecified atom stereocenters. The van der Waals surface area contributed by atoms with E-state index >= 15 is 0 Å². The Bertz CT molecular complexity index is 1210. The monoisotopic (exact) mass is 554 g/mol. The van der Waals surface area contributed by atoms with Crippen LogP contribution in [0.3, 0.4) is 0 Å². The highest BCUT2D eigenvalue weighted by atomic mass is 32.2. The number of thiazole rings is 2. The van der Waals surface area contributed by atoms with Crippen molar-refractivity contribution >= 4 is 54.3 Å². The molecule has 0 bridgehead atoms.